The highest BCUT2D eigenvalue weighted by Crippen LogP contribution is 2.20. The number of aliphatic hydroxyl groups is 3. The molecule has 0 aromatic carbocycles. The van der Waals surface area contributed by atoms with Gasteiger partial charge in [0.1, 0.15) is 6.10 Å². The summed E-state index contributed by atoms with van der Waals surface area (Å²) in [6.07, 6.45) is 1.25. The lowest BCUT2D eigenvalue weighted by molar-refractivity contribution is 0.00401. The zero-order valence-electron chi connectivity index (χ0n) is 7.47. The van der Waals surface area contributed by atoms with Gasteiger partial charge in [0.2, 0.25) is 0 Å². The number of hydrogen-bond donors (Lipinski definition) is 3. The maximum absolute atomic E-state index is 9.62. The molecule has 0 fully saturated rings. The monoisotopic (exact) mass is 261 g/mol. The van der Waals surface area contributed by atoms with E-state index in [1.54, 1.807) is 12.3 Å². The first-order valence-electron chi connectivity index (χ1n) is 4.22. The third kappa shape index (κ3) is 3.02. The summed E-state index contributed by atoms with van der Waals surface area (Å²) >= 11 is 3.21. The highest BCUT2D eigenvalue weighted by molar-refractivity contribution is 9.10. The molecule has 0 saturated carbocycles. The van der Waals surface area contributed by atoms with Gasteiger partial charge in [-0.15, -0.1) is 0 Å². The molecule has 0 saturated heterocycles. The van der Waals surface area contributed by atoms with Gasteiger partial charge in [0, 0.05) is 29.0 Å². The lowest BCUT2D eigenvalue weighted by Gasteiger charge is -2.16. The van der Waals surface area contributed by atoms with Crippen LogP contribution in [0.25, 0.3) is 0 Å². The Labute approximate surface area is 90.4 Å². The highest BCUT2D eigenvalue weighted by Gasteiger charge is 2.17. The number of aliphatic hydroxyl groups excluding tert-OH is 3. The van der Waals surface area contributed by atoms with Crippen LogP contribution in [0.3, 0.4) is 0 Å². The molecule has 0 aliphatic carbocycles. The van der Waals surface area contributed by atoms with E-state index in [-0.39, 0.29) is 13.0 Å². The number of hydrogen-bond acceptors (Lipinski definition) is 4. The number of nitrogens with zero attached hydrogens (tertiary/aromatic N) is 1. The van der Waals surface area contributed by atoms with Gasteiger partial charge in [-0.05, 0) is 28.4 Å². The van der Waals surface area contributed by atoms with Crippen LogP contribution in [0, 0.1) is 0 Å². The van der Waals surface area contributed by atoms with Crippen LogP contribution in [0.1, 0.15) is 18.1 Å². The first kappa shape index (κ1) is 11.6. The third-order valence-electron chi connectivity index (χ3n) is 1.86. The van der Waals surface area contributed by atoms with Crippen LogP contribution >= 0.6 is 15.9 Å². The van der Waals surface area contributed by atoms with Crippen LogP contribution in [0.2, 0.25) is 0 Å². The molecule has 0 bridgehead atoms. The molecule has 3 N–H and O–H groups in total. The standard InChI is InChI=1S/C9H12BrNO3/c10-7-3-6(4-11-5-7)9(14)8(13)1-2-12/h3-5,8-9,12-14H,1-2H2. The highest BCUT2D eigenvalue weighted by atomic mass is 79.9. The predicted octanol–water partition coefficient (Wildman–Crippen LogP) is 0.621. The quantitative estimate of drug-likeness (QED) is 0.743. The van der Waals surface area contributed by atoms with Crippen LogP contribution in [0.15, 0.2) is 22.9 Å². The van der Waals surface area contributed by atoms with Crippen molar-refractivity contribution in [3.8, 4) is 0 Å². The van der Waals surface area contributed by atoms with Gasteiger partial charge in [0.05, 0.1) is 6.10 Å². The molecule has 0 aliphatic heterocycles. The van der Waals surface area contributed by atoms with Gasteiger partial charge in [0.15, 0.2) is 0 Å². The Bertz CT molecular complexity index is 295. The Morgan fingerprint density at radius 1 is 1.36 bits per heavy atom. The number of pyridine rings is 1. The minimum atomic E-state index is -1.01. The van der Waals surface area contributed by atoms with Crippen LogP contribution in [0.4, 0.5) is 0 Å². The fraction of sp³-hybridized carbons (Fsp3) is 0.444. The van der Waals surface area contributed by atoms with Crippen LogP contribution in [-0.4, -0.2) is 33.0 Å². The molecule has 78 valence electrons. The summed E-state index contributed by atoms with van der Waals surface area (Å²) in [5.74, 6) is 0. The maximum atomic E-state index is 9.62. The zero-order chi connectivity index (χ0) is 10.6. The molecular formula is C9H12BrNO3. The van der Waals surface area contributed by atoms with Gasteiger partial charge in [-0.2, -0.15) is 0 Å². The fourth-order valence-corrected chi connectivity index (χ4v) is 1.48. The van der Waals surface area contributed by atoms with E-state index in [2.05, 4.69) is 20.9 Å². The van der Waals surface area contributed by atoms with Gasteiger partial charge in [-0.25, -0.2) is 0 Å². The third-order valence-corrected chi connectivity index (χ3v) is 2.29. The minimum Gasteiger partial charge on any atom is -0.396 e. The van der Waals surface area contributed by atoms with Crippen molar-refractivity contribution in [1.82, 2.24) is 4.98 Å². The molecule has 1 heterocycles. The van der Waals surface area contributed by atoms with Crippen molar-refractivity contribution in [1.29, 1.82) is 0 Å². The summed E-state index contributed by atoms with van der Waals surface area (Å²) < 4.78 is 0.741. The van der Waals surface area contributed by atoms with Crippen molar-refractivity contribution in [2.75, 3.05) is 6.61 Å². The molecule has 1 aromatic heterocycles. The van der Waals surface area contributed by atoms with Gasteiger partial charge in [-0.3, -0.25) is 4.98 Å². The molecule has 0 spiro atoms. The van der Waals surface area contributed by atoms with Crippen LogP contribution in [-0.2, 0) is 0 Å². The van der Waals surface area contributed by atoms with E-state index in [0.29, 0.717) is 5.56 Å². The summed E-state index contributed by atoms with van der Waals surface area (Å²) in [7, 11) is 0. The summed E-state index contributed by atoms with van der Waals surface area (Å²) in [6.45, 7) is -0.153. The molecule has 14 heavy (non-hydrogen) atoms. The van der Waals surface area contributed by atoms with Crippen molar-refractivity contribution in [3.05, 3.63) is 28.5 Å². The Hall–Kier alpha value is -0.490. The molecular weight excluding hydrogens is 250 g/mol. The van der Waals surface area contributed by atoms with Crippen molar-refractivity contribution >= 4 is 15.9 Å². The molecule has 1 rings (SSSR count). The summed E-state index contributed by atoms with van der Waals surface area (Å²) in [6, 6.07) is 1.68. The molecule has 1 aromatic rings. The molecule has 5 heteroatoms. The van der Waals surface area contributed by atoms with E-state index in [1.807, 2.05) is 0 Å². The van der Waals surface area contributed by atoms with Gasteiger partial charge < -0.3 is 15.3 Å². The molecule has 4 nitrogen and oxygen atoms in total. The average Bonchev–Trinajstić information content (AvgIpc) is 2.17. The average molecular weight is 262 g/mol. The molecule has 0 aliphatic rings. The topological polar surface area (TPSA) is 73.6 Å². The second-order valence-electron chi connectivity index (χ2n) is 2.96. The van der Waals surface area contributed by atoms with E-state index in [1.165, 1.54) is 6.20 Å². The van der Waals surface area contributed by atoms with Crippen molar-refractivity contribution in [2.45, 2.75) is 18.6 Å². The summed E-state index contributed by atoms with van der Waals surface area (Å²) in [5, 5.41) is 27.6. The fourth-order valence-electron chi connectivity index (χ4n) is 1.10. The molecule has 2 unspecified atom stereocenters. The Balaban J connectivity index is 2.73. The van der Waals surface area contributed by atoms with Gasteiger partial charge in [-0.1, -0.05) is 0 Å². The lowest BCUT2D eigenvalue weighted by Crippen LogP contribution is -2.19. The first-order valence-corrected chi connectivity index (χ1v) is 5.02. The second kappa shape index (κ2) is 5.41. The maximum Gasteiger partial charge on any atom is 0.106 e. The molecule has 2 atom stereocenters. The SMILES string of the molecule is OCCC(O)C(O)c1cncc(Br)c1. The molecule has 0 radical (unpaired) electrons. The second-order valence-corrected chi connectivity index (χ2v) is 3.88. The smallest absolute Gasteiger partial charge is 0.106 e. The molecule has 0 amide bonds. The van der Waals surface area contributed by atoms with E-state index in [4.69, 9.17) is 5.11 Å². The Morgan fingerprint density at radius 3 is 2.64 bits per heavy atom. The Morgan fingerprint density at radius 2 is 2.07 bits per heavy atom. The van der Waals surface area contributed by atoms with Crippen molar-refractivity contribution in [2.24, 2.45) is 0 Å². The largest absolute Gasteiger partial charge is 0.396 e. The number of aromatic nitrogens is 1. The predicted molar refractivity (Wildman–Crippen MR) is 54.6 cm³/mol. The van der Waals surface area contributed by atoms with Crippen LogP contribution in [0.5, 0.6) is 0 Å². The van der Waals surface area contributed by atoms with Gasteiger partial charge >= 0.3 is 0 Å². The zero-order valence-corrected chi connectivity index (χ0v) is 9.05. The van der Waals surface area contributed by atoms with Crippen LogP contribution < -0.4 is 0 Å². The minimum absolute atomic E-state index is 0.147. The normalized spacial score (nSPS) is 15.1. The van der Waals surface area contributed by atoms with E-state index < -0.39 is 12.2 Å². The van der Waals surface area contributed by atoms with E-state index in [0.717, 1.165) is 4.47 Å². The van der Waals surface area contributed by atoms with Crippen molar-refractivity contribution < 1.29 is 15.3 Å². The van der Waals surface area contributed by atoms with Crippen molar-refractivity contribution in [3.63, 3.8) is 0 Å². The van der Waals surface area contributed by atoms with E-state index >= 15 is 0 Å². The summed E-state index contributed by atoms with van der Waals surface area (Å²) in [5.41, 5.74) is 0.528. The number of halogens is 1. The first-order chi connectivity index (χ1) is 6.65. The number of rotatable bonds is 4. The Kier molecular flexibility index (Phi) is 4.47. The lowest BCUT2D eigenvalue weighted by atomic mass is 10.0. The van der Waals surface area contributed by atoms with Gasteiger partial charge in [0.25, 0.3) is 0 Å². The summed E-state index contributed by atoms with van der Waals surface area (Å²) in [4.78, 5) is 3.87. The van der Waals surface area contributed by atoms with E-state index in [9.17, 15) is 10.2 Å².